The highest BCUT2D eigenvalue weighted by atomic mass is 35.5. The van der Waals surface area contributed by atoms with E-state index in [4.69, 9.17) is 23.2 Å². The SMILES string of the molecule is Cc1cc(N2CC(N(C)CC(=O)Nc3cc(Cl)cc(Cl)c3)C2)ncn1. The molecule has 0 bridgehead atoms. The van der Waals surface area contributed by atoms with Gasteiger partial charge in [-0.25, -0.2) is 9.97 Å². The van der Waals surface area contributed by atoms with E-state index in [1.807, 2.05) is 24.9 Å². The van der Waals surface area contributed by atoms with Gasteiger partial charge in [-0.3, -0.25) is 9.69 Å². The van der Waals surface area contributed by atoms with E-state index < -0.39 is 0 Å². The quantitative estimate of drug-likeness (QED) is 0.865. The Kier molecular flexibility index (Phi) is 5.42. The highest BCUT2D eigenvalue weighted by Gasteiger charge is 2.31. The number of hydrogen-bond acceptors (Lipinski definition) is 5. The maximum atomic E-state index is 12.2. The minimum atomic E-state index is -0.0998. The zero-order valence-corrected chi connectivity index (χ0v) is 15.6. The van der Waals surface area contributed by atoms with Crippen LogP contribution in [0.5, 0.6) is 0 Å². The normalized spacial score (nSPS) is 14.5. The smallest absolute Gasteiger partial charge is 0.238 e. The summed E-state index contributed by atoms with van der Waals surface area (Å²) in [5.74, 6) is 0.826. The fourth-order valence-electron chi connectivity index (χ4n) is 2.72. The number of amides is 1. The third-order valence-electron chi connectivity index (χ3n) is 4.14. The third-order valence-corrected chi connectivity index (χ3v) is 4.57. The highest BCUT2D eigenvalue weighted by Crippen LogP contribution is 2.23. The number of aryl methyl sites for hydroxylation is 1. The van der Waals surface area contributed by atoms with E-state index in [9.17, 15) is 4.79 Å². The molecule has 1 saturated heterocycles. The van der Waals surface area contributed by atoms with Gasteiger partial charge < -0.3 is 10.2 Å². The molecule has 0 spiro atoms. The summed E-state index contributed by atoms with van der Waals surface area (Å²) < 4.78 is 0. The molecular formula is C17H19Cl2N5O. The summed E-state index contributed by atoms with van der Waals surface area (Å²) in [6, 6.07) is 7.25. The van der Waals surface area contributed by atoms with Crippen LogP contribution in [0.15, 0.2) is 30.6 Å². The maximum absolute atomic E-state index is 12.2. The minimum Gasteiger partial charge on any atom is -0.353 e. The Balaban J connectivity index is 1.50. The van der Waals surface area contributed by atoms with Crippen molar-refractivity contribution in [3.05, 3.63) is 46.3 Å². The van der Waals surface area contributed by atoms with Crippen molar-refractivity contribution in [3.8, 4) is 0 Å². The number of halogens is 2. The van der Waals surface area contributed by atoms with Crippen molar-refractivity contribution in [3.63, 3.8) is 0 Å². The molecule has 0 radical (unpaired) electrons. The average molecular weight is 380 g/mol. The Hall–Kier alpha value is -1.89. The Morgan fingerprint density at radius 1 is 1.24 bits per heavy atom. The molecule has 1 aromatic carbocycles. The van der Waals surface area contributed by atoms with Crippen molar-refractivity contribution in [2.45, 2.75) is 13.0 Å². The summed E-state index contributed by atoms with van der Waals surface area (Å²) in [7, 11) is 1.94. The van der Waals surface area contributed by atoms with E-state index in [2.05, 4.69) is 20.2 Å². The van der Waals surface area contributed by atoms with Crippen LogP contribution in [0, 0.1) is 6.92 Å². The number of aromatic nitrogens is 2. The second kappa shape index (κ2) is 7.56. The van der Waals surface area contributed by atoms with Gasteiger partial charge >= 0.3 is 0 Å². The Morgan fingerprint density at radius 3 is 2.56 bits per heavy atom. The molecule has 1 aliphatic heterocycles. The lowest BCUT2D eigenvalue weighted by molar-refractivity contribution is -0.117. The number of carbonyl (C=O) groups excluding carboxylic acids is 1. The van der Waals surface area contributed by atoms with E-state index in [0.717, 1.165) is 24.6 Å². The van der Waals surface area contributed by atoms with Crippen LogP contribution in [0.4, 0.5) is 11.5 Å². The number of nitrogens with zero attached hydrogens (tertiary/aromatic N) is 4. The number of nitrogens with one attached hydrogen (secondary N) is 1. The molecule has 132 valence electrons. The monoisotopic (exact) mass is 379 g/mol. The highest BCUT2D eigenvalue weighted by molar-refractivity contribution is 6.35. The van der Waals surface area contributed by atoms with E-state index in [-0.39, 0.29) is 5.91 Å². The van der Waals surface area contributed by atoms with Crippen LogP contribution in [-0.2, 0) is 4.79 Å². The Morgan fingerprint density at radius 2 is 1.92 bits per heavy atom. The first-order valence-electron chi connectivity index (χ1n) is 7.90. The minimum absolute atomic E-state index is 0.0998. The zero-order chi connectivity index (χ0) is 18.0. The van der Waals surface area contributed by atoms with Gasteiger partial charge in [0.25, 0.3) is 0 Å². The predicted octanol–water partition coefficient (Wildman–Crippen LogP) is 2.85. The molecule has 25 heavy (non-hydrogen) atoms. The molecule has 1 aliphatic rings. The van der Waals surface area contributed by atoms with Crippen LogP contribution in [0.2, 0.25) is 10.0 Å². The number of anilines is 2. The molecule has 2 aromatic rings. The van der Waals surface area contributed by atoms with Gasteiger partial charge in [-0.1, -0.05) is 23.2 Å². The lowest BCUT2D eigenvalue weighted by Gasteiger charge is -2.44. The second-order valence-corrected chi connectivity index (χ2v) is 7.07. The molecule has 2 heterocycles. The lowest BCUT2D eigenvalue weighted by atomic mass is 10.1. The Bertz CT molecular complexity index is 759. The van der Waals surface area contributed by atoms with Crippen molar-refractivity contribution in [2.75, 3.05) is 36.9 Å². The van der Waals surface area contributed by atoms with Crippen molar-refractivity contribution in [1.29, 1.82) is 0 Å². The van der Waals surface area contributed by atoms with Crippen LogP contribution in [0.25, 0.3) is 0 Å². The topological polar surface area (TPSA) is 61.4 Å². The summed E-state index contributed by atoms with van der Waals surface area (Å²) >= 11 is 11.9. The standard InChI is InChI=1S/C17H19Cl2N5O/c1-11-3-16(21-10-20-11)24-7-15(8-24)23(2)9-17(25)22-14-5-12(18)4-13(19)6-14/h3-6,10,15H,7-9H2,1-2H3,(H,22,25). The molecule has 1 N–H and O–H groups in total. The van der Waals surface area contributed by atoms with Crippen molar-refractivity contribution in [1.82, 2.24) is 14.9 Å². The third kappa shape index (κ3) is 4.60. The molecule has 6 nitrogen and oxygen atoms in total. The summed E-state index contributed by atoms with van der Waals surface area (Å²) in [6.45, 7) is 3.92. The second-order valence-electron chi connectivity index (χ2n) is 6.20. The van der Waals surface area contributed by atoms with E-state index in [1.54, 1.807) is 24.5 Å². The number of carbonyl (C=O) groups is 1. The first-order valence-corrected chi connectivity index (χ1v) is 8.66. The van der Waals surface area contributed by atoms with Crippen molar-refractivity contribution >= 4 is 40.6 Å². The first kappa shape index (κ1) is 17.9. The van der Waals surface area contributed by atoms with Gasteiger partial charge in [0.15, 0.2) is 0 Å². The van der Waals surface area contributed by atoms with Crippen molar-refractivity contribution < 1.29 is 4.79 Å². The van der Waals surface area contributed by atoms with Crippen molar-refractivity contribution in [2.24, 2.45) is 0 Å². The molecule has 1 fully saturated rings. The lowest BCUT2D eigenvalue weighted by Crippen LogP contribution is -2.59. The van der Waals surface area contributed by atoms with Gasteiger partial charge in [0, 0.05) is 46.6 Å². The number of likely N-dealkylation sites (N-methyl/N-ethyl adjacent to an activating group) is 1. The molecule has 1 amide bonds. The van der Waals surface area contributed by atoms with Crippen LogP contribution in [0.1, 0.15) is 5.69 Å². The fraction of sp³-hybridized carbons (Fsp3) is 0.353. The van der Waals surface area contributed by atoms with E-state index in [1.165, 1.54) is 0 Å². The summed E-state index contributed by atoms with van der Waals surface area (Å²) in [5.41, 5.74) is 1.55. The number of benzene rings is 1. The maximum Gasteiger partial charge on any atom is 0.238 e. The number of hydrogen-bond donors (Lipinski definition) is 1. The van der Waals surface area contributed by atoms with Gasteiger partial charge in [-0.2, -0.15) is 0 Å². The molecular weight excluding hydrogens is 361 g/mol. The van der Waals surface area contributed by atoms with Gasteiger partial charge in [0.2, 0.25) is 5.91 Å². The van der Waals surface area contributed by atoms with E-state index in [0.29, 0.717) is 28.3 Å². The molecule has 0 aliphatic carbocycles. The van der Waals surface area contributed by atoms with Gasteiger partial charge in [0.1, 0.15) is 12.1 Å². The largest absolute Gasteiger partial charge is 0.353 e. The van der Waals surface area contributed by atoms with Gasteiger partial charge in [-0.05, 0) is 32.2 Å². The van der Waals surface area contributed by atoms with Crippen LogP contribution < -0.4 is 10.2 Å². The molecule has 0 unspecified atom stereocenters. The van der Waals surface area contributed by atoms with Crippen LogP contribution in [0.3, 0.4) is 0 Å². The number of rotatable bonds is 5. The summed E-state index contributed by atoms with van der Waals surface area (Å²) in [4.78, 5) is 24.8. The summed E-state index contributed by atoms with van der Waals surface area (Å²) in [5, 5.41) is 3.81. The molecule has 3 rings (SSSR count). The van der Waals surface area contributed by atoms with Crippen LogP contribution in [-0.4, -0.2) is 53.5 Å². The van der Waals surface area contributed by atoms with Crippen LogP contribution >= 0.6 is 23.2 Å². The fourth-order valence-corrected chi connectivity index (χ4v) is 3.24. The predicted molar refractivity (Wildman–Crippen MR) is 100 cm³/mol. The van der Waals surface area contributed by atoms with Gasteiger partial charge in [-0.15, -0.1) is 0 Å². The first-order chi connectivity index (χ1) is 11.9. The Labute approximate surface area is 156 Å². The zero-order valence-electron chi connectivity index (χ0n) is 14.0. The van der Waals surface area contributed by atoms with Gasteiger partial charge in [0.05, 0.1) is 6.54 Å². The molecule has 0 atom stereocenters. The molecule has 8 heteroatoms. The molecule has 0 saturated carbocycles. The summed E-state index contributed by atoms with van der Waals surface area (Å²) in [6.07, 6.45) is 1.57. The average Bonchev–Trinajstić information content (AvgIpc) is 2.44. The van der Waals surface area contributed by atoms with E-state index >= 15 is 0 Å². The molecule has 1 aromatic heterocycles.